The molecule has 0 saturated carbocycles. The average Bonchev–Trinajstić information content (AvgIpc) is 2.27. The molecule has 0 spiro atoms. The lowest BCUT2D eigenvalue weighted by molar-refractivity contribution is -0.124. The average molecular weight is 221 g/mol. The number of aliphatic hydroxyl groups is 2. The zero-order chi connectivity index (χ0) is 11.5. The smallest absolute Gasteiger partial charge is 0.228 e. The van der Waals surface area contributed by atoms with E-state index < -0.39 is 6.04 Å². The molecule has 3 N–H and O–H groups in total. The number of amides is 1. The van der Waals surface area contributed by atoms with Gasteiger partial charge in [-0.15, -0.1) is 0 Å². The number of benzene rings is 1. The van der Waals surface area contributed by atoms with Crippen molar-refractivity contribution in [2.24, 2.45) is 0 Å². The normalized spacial score (nSPS) is 17.8. The molecular weight excluding hydrogens is 206 g/mol. The fraction of sp³-hybridized carbons (Fsp3) is 0.417. The molecule has 1 aromatic rings. The van der Waals surface area contributed by atoms with Gasteiger partial charge in [0.15, 0.2) is 0 Å². The Hall–Kier alpha value is -1.39. The molecule has 1 atom stereocenters. The highest BCUT2D eigenvalue weighted by molar-refractivity contribution is 5.87. The highest BCUT2D eigenvalue weighted by Gasteiger charge is 2.32. The van der Waals surface area contributed by atoms with Crippen LogP contribution in [0, 0.1) is 0 Å². The molecule has 4 heteroatoms. The van der Waals surface area contributed by atoms with Gasteiger partial charge in [0.2, 0.25) is 5.91 Å². The lowest BCUT2D eigenvalue weighted by atomic mass is 9.77. The van der Waals surface area contributed by atoms with Crippen LogP contribution in [0.1, 0.15) is 17.0 Å². The first kappa shape index (κ1) is 11.1. The fourth-order valence-corrected chi connectivity index (χ4v) is 1.94. The number of rotatable bonds is 4. The Morgan fingerprint density at radius 3 is 2.69 bits per heavy atom. The molecule has 1 aliphatic rings. The zero-order valence-corrected chi connectivity index (χ0v) is 8.89. The summed E-state index contributed by atoms with van der Waals surface area (Å²) in [6.45, 7) is -0.479. The molecule has 0 fully saturated rings. The quantitative estimate of drug-likeness (QED) is 0.659. The summed E-state index contributed by atoms with van der Waals surface area (Å²) in [6.07, 6.45) is 0.742. The molecular formula is C12H15NO3. The van der Waals surface area contributed by atoms with Crippen LogP contribution in [0.15, 0.2) is 24.3 Å². The maximum atomic E-state index is 11.8. The van der Waals surface area contributed by atoms with Crippen molar-refractivity contribution < 1.29 is 15.0 Å². The predicted molar refractivity (Wildman–Crippen MR) is 59.0 cm³/mol. The van der Waals surface area contributed by atoms with E-state index in [1.807, 2.05) is 24.3 Å². The molecule has 0 heterocycles. The summed E-state index contributed by atoms with van der Waals surface area (Å²) in [5.41, 5.74) is 2.25. The molecule has 0 radical (unpaired) electrons. The minimum absolute atomic E-state index is 0.119. The largest absolute Gasteiger partial charge is 0.394 e. The molecule has 1 amide bonds. The van der Waals surface area contributed by atoms with Gasteiger partial charge in [-0.05, 0) is 17.5 Å². The topological polar surface area (TPSA) is 69.6 Å². The van der Waals surface area contributed by atoms with E-state index in [0.29, 0.717) is 0 Å². The van der Waals surface area contributed by atoms with Gasteiger partial charge in [-0.2, -0.15) is 0 Å². The molecule has 0 bridgehead atoms. The van der Waals surface area contributed by atoms with Gasteiger partial charge in [-0.25, -0.2) is 0 Å². The van der Waals surface area contributed by atoms with Crippen LogP contribution in [-0.2, 0) is 11.2 Å². The maximum absolute atomic E-state index is 11.8. The van der Waals surface area contributed by atoms with E-state index in [1.165, 1.54) is 5.56 Å². The summed E-state index contributed by atoms with van der Waals surface area (Å²) in [4.78, 5) is 11.8. The van der Waals surface area contributed by atoms with Crippen LogP contribution >= 0.6 is 0 Å². The van der Waals surface area contributed by atoms with E-state index in [4.69, 9.17) is 10.2 Å². The van der Waals surface area contributed by atoms with E-state index >= 15 is 0 Å². The van der Waals surface area contributed by atoms with Crippen LogP contribution in [0.4, 0.5) is 0 Å². The van der Waals surface area contributed by atoms with E-state index in [9.17, 15) is 4.79 Å². The molecule has 1 aliphatic carbocycles. The summed E-state index contributed by atoms with van der Waals surface area (Å²) < 4.78 is 0. The summed E-state index contributed by atoms with van der Waals surface area (Å²) >= 11 is 0. The summed E-state index contributed by atoms with van der Waals surface area (Å²) in [6, 6.07) is 7.26. The van der Waals surface area contributed by atoms with Crippen LogP contribution in [-0.4, -0.2) is 35.4 Å². The molecule has 86 valence electrons. The molecule has 1 aromatic carbocycles. The van der Waals surface area contributed by atoms with E-state index in [2.05, 4.69) is 5.32 Å². The highest BCUT2D eigenvalue weighted by atomic mass is 16.3. The van der Waals surface area contributed by atoms with Crippen LogP contribution < -0.4 is 5.32 Å². The van der Waals surface area contributed by atoms with Crippen molar-refractivity contribution in [2.75, 3.05) is 13.2 Å². The van der Waals surface area contributed by atoms with Crippen LogP contribution in [0.3, 0.4) is 0 Å². The van der Waals surface area contributed by atoms with Gasteiger partial charge in [-0.3, -0.25) is 4.79 Å². The lowest BCUT2D eigenvalue weighted by Gasteiger charge is -2.30. The second-order valence-electron chi connectivity index (χ2n) is 4.03. The van der Waals surface area contributed by atoms with Gasteiger partial charge >= 0.3 is 0 Å². The Labute approximate surface area is 93.9 Å². The number of hydrogen-bond donors (Lipinski definition) is 3. The highest BCUT2D eigenvalue weighted by Crippen LogP contribution is 2.34. The molecule has 2 rings (SSSR count). The van der Waals surface area contributed by atoms with E-state index in [1.54, 1.807) is 0 Å². The minimum atomic E-state index is -0.555. The second kappa shape index (κ2) is 4.63. The van der Waals surface area contributed by atoms with Crippen molar-refractivity contribution in [3.8, 4) is 0 Å². The van der Waals surface area contributed by atoms with Crippen molar-refractivity contribution >= 4 is 5.91 Å². The molecule has 0 saturated heterocycles. The first-order chi connectivity index (χ1) is 7.76. The summed E-state index contributed by atoms with van der Waals surface area (Å²) in [5.74, 6) is -0.247. The molecule has 1 unspecified atom stereocenters. The predicted octanol–water partition coefficient (Wildman–Crippen LogP) is -0.204. The number of nitrogens with one attached hydrogen (secondary N) is 1. The number of fused-ring (bicyclic) bond motifs is 1. The van der Waals surface area contributed by atoms with Crippen LogP contribution in [0.2, 0.25) is 0 Å². The third kappa shape index (κ3) is 1.94. The first-order valence-corrected chi connectivity index (χ1v) is 5.36. The molecule has 0 aromatic heterocycles. The summed E-state index contributed by atoms with van der Waals surface area (Å²) in [7, 11) is 0. The third-order valence-electron chi connectivity index (χ3n) is 2.96. The van der Waals surface area contributed by atoms with Gasteiger partial charge in [0.05, 0.1) is 25.2 Å². The Bertz CT molecular complexity index is 388. The van der Waals surface area contributed by atoms with Crippen LogP contribution in [0.25, 0.3) is 0 Å². The van der Waals surface area contributed by atoms with Gasteiger partial charge in [0.1, 0.15) is 0 Å². The second-order valence-corrected chi connectivity index (χ2v) is 4.03. The van der Waals surface area contributed by atoms with Crippen LogP contribution in [0.5, 0.6) is 0 Å². The van der Waals surface area contributed by atoms with E-state index in [-0.39, 0.29) is 25.0 Å². The number of hydrogen-bond acceptors (Lipinski definition) is 3. The maximum Gasteiger partial charge on any atom is 0.228 e. The number of aliphatic hydroxyl groups excluding tert-OH is 2. The standard InChI is InChI=1S/C12H15NO3/c14-6-9(7-15)13-12(16)11-5-8-3-1-2-4-10(8)11/h1-4,9,11,14-15H,5-7H2,(H,13,16). The molecule has 16 heavy (non-hydrogen) atoms. The SMILES string of the molecule is O=C(NC(CO)CO)C1Cc2ccccc21. The van der Waals surface area contributed by atoms with Crippen molar-refractivity contribution in [1.29, 1.82) is 0 Å². The Kier molecular flexibility index (Phi) is 3.22. The van der Waals surface area contributed by atoms with Crippen molar-refractivity contribution in [2.45, 2.75) is 18.4 Å². The molecule has 4 nitrogen and oxygen atoms in total. The Morgan fingerprint density at radius 2 is 2.06 bits per heavy atom. The van der Waals surface area contributed by atoms with Crippen molar-refractivity contribution in [1.82, 2.24) is 5.32 Å². The minimum Gasteiger partial charge on any atom is -0.394 e. The van der Waals surface area contributed by atoms with Gasteiger partial charge in [-0.1, -0.05) is 24.3 Å². The van der Waals surface area contributed by atoms with Crippen molar-refractivity contribution in [3.63, 3.8) is 0 Å². The monoisotopic (exact) mass is 221 g/mol. The first-order valence-electron chi connectivity index (χ1n) is 5.36. The third-order valence-corrected chi connectivity index (χ3v) is 2.96. The van der Waals surface area contributed by atoms with Gasteiger partial charge < -0.3 is 15.5 Å². The number of carbonyl (C=O) groups excluding carboxylic acids is 1. The lowest BCUT2D eigenvalue weighted by Crippen LogP contribution is -2.44. The fourth-order valence-electron chi connectivity index (χ4n) is 1.94. The van der Waals surface area contributed by atoms with E-state index in [0.717, 1.165) is 12.0 Å². The number of carbonyl (C=O) groups is 1. The van der Waals surface area contributed by atoms with Crippen molar-refractivity contribution in [3.05, 3.63) is 35.4 Å². The van der Waals surface area contributed by atoms with Gasteiger partial charge in [0, 0.05) is 0 Å². The van der Waals surface area contributed by atoms with Gasteiger partial charge in [0.25, 0.3) is 0 Å². The summed E-state index contributed by atoms with van der Waals surface area (Å²) in [5, 5.41) is 20.4. The Morgan fingerprint density at radius 1 is 1.38 bits per heavy atom. The molecule has 0 aliphatic heterocycles. The zero-order valence-electron chi connectivity index (χ0n) is 8.89. The Balaban J connectivity index is 1.99.